The summed E-state index contributed by atoms with van der Waals surface area (Å²) in [6.45, 7) is 6.72. The largest absolute Gasteiger partial charge is 0.482 e. The van der Waals surface area contributed by atoms with E-state index >= 15 is 0 Å². The predicted octanol–water partition coefficient (Wildman–Crippen LogP) is 1.62. The summed E-state index contributed by atoms with van der Waals surface area (Å²) in [4.78, 5) is 18.0. The summed E-state index contributed by atoms with van der Waals surface area (Å²) in [6, 6.07) is 7.65. The highest BCUT2D eigenvalue weighted by Crippen LogP contribution is 2.31. The molecule has 126 valence electrons. The van der Waals surface area contributed by atoms with Crippen LogP contribution in [-0.4, -0.2) is 45.2 Å². The quantitative estimate of drug-likeness (QED) is 0.475. The number of fused-ring (bicyclic) bond motifs is 1. The number of amides is 1. The number of ether oxygens (including phenoxy) is 1. The third-order valence-corrected chi connectivity index (χ3v) is 3.56. The zero-order valence-electron chi connectivity index (χ0n) is 14.1. The number of nitrogens with zero attached hydrogens (tertiary/aromatic N) is 2. The SMILES string of the molecule is CN=C(NCCCN1C(=O)COc2ccccc21)NCC(C)C. The Balaban J connectivity index is 1.81. The number of hydrogen-bond acceptors (Lipinski definition) is 3. The van der Waals surface area contributed by atoms with E-state index in [2.05, 4.69) is 29.5 Å². The number of carbonyl (C=O) groups excluding carboxylic acids is 1. The normalized spacial score (nSPS) is 14.5. The molecule has 0 fully saturated rings. The van der Waals surface area contributed by atoms with Crippen LogP contribution in [0.1, 0.15) is 20.3 Å². The Morgan fingerprint density at radius 2 is 2.13 bits per heavy atom. The Hall–Kier alpha value is -2.24. The highest BCUT2D eigenvalue weighted by molar-refractivity contribution is 5.97. The van der Waals surface area contributed by atoms with Gasteiger partial charge in [0.2, 0.25) is 0 Å². The minimum Gasteiger partial charge on any atom is -0.482 e. The van der Waals surface area contributed by atoms with Crippen molar-refractivity contribution >= 4 is 17.6 Å². The van der Waals surface area contributed by atoms with E-state index in [9.17, 15) is 4.79 Å². The molecule has 0 aromatic heterocycles. The molecular formula is C17H26N4O2. The second-order valence-corrected chi connectivity index (χ2v) is 5.93. The molecule has 0 atom stereocenters. The number of para-hydroxylation sites is 2. The molecule has 0 radical (unpaired) electrons. The predicted molar refractivity (Wildman–Crippen MR) is 93.1 cm³/mol. The Morgan fingerprint density at radius 1 is 1.35 bits per heavy atom. The van der Waals surface area contributed by atoms with Gasteiger partial charge in [-0.25, -0.2) is 0 Å². The summed E-state index contributed by atoms with van der Waals surface area (Å²) >= 11 is 0. The van der Waals surface area contributed by atoms with Crippen molar-refractivity contribution in [2.75, 3.05) is 38.2 Å². The van der Waals surface area contributed by atoms with Crippen LogP contribution >= 0.6 is 0 Å². The lowest BCUT2D eigenvalue weighted by Gasteiger charge is -2.29. The smallest absolute Gasteiger partial charge is 0.265 e. The minimum absolute atomic E-state index is 0.00557. The van der Waals surface area contributed by atoms with Crippen LogP contribution in [0.15, 0.2) is 29.3 Å². The topological polar surface area (TPSA) is 66.0 Å². The van der Waals surface area contributed by atoms with E-state index in [-0.39, 0.29) is 12.5 Å². The fraction of sp³-hybridized carbons (Fsp3) is 0.529. The van der Waals surface area contributed by atoms with Crippen molar-refractivity contribution in [3.63, 3.8) is 0 Å². The molecule has 0 spiro atoms. The summed E-state index contributed by atoms with van der Waals surface area (Å²) in [5.41, 5.74) is 0.853. The van der Waals surface area contributed by atoms with Gasteiger partial charge in [-0.2, -0.15) is 0 Å². The number of hydrogen-bond donors (Lipinski definition) is 2. The van der Waals surface area contributed by atoms with E-state index in [1.165, 1.54) is 0 Å². The first kappa shape index (κ1) is 17.1. The number of guanidine groups is 1. The van der Waals surface area contributed by atoms with Crippen LogP contribution in [-0.2, 0) is 4.79 Å². The molecule has 0 saturated carbocycles. The van der Waals surface area contributed by atoms with Crippen LogP contribution in [0.25, 0.3) is 0 Å². The fourth-order valence-corrected chi connectivity index (χ4v) is 2.36. The zero-order chi connectivity index (χ0) is 16.7. The number of nitrogens with one attached hydrogen (secondary N) is 2. The van der Waals surface area contributed by atoms with Crippen molar-refractivity contribution < 1.29 is 9.53 Å². The number of benzene rings is 1. The maximum atomic E-state index is 12.1. The van der Waals surface area contributed by atoms with Crippen molar-refractivity contribution in [2.24, 2.45) is 10.9 Å². The third kappa shape index (κ3) is 4.87. The van der Waals surface area contributed by atoms with Crippen LogP contribution in [0.2, 0.25) is 0 Å². The monoisotopic (exact) mass is 318 g/mol. The highest BCUT2D eigenvalue weighted by Gasteiger charge is 2.24. The van der Waals surface area contributed by atoms with Crippen LogP contribution in [0.3, 0.4) is 0 Å². The molecule has 1 aliphatic rings. The molecular weight excluding hydrogens is 292 g/mol. The van der Waals surface area contributed by atoms with Gasteiger partial charge in [0, 0.05) is 26.7 Å². The van der Waals surface area contributed by atoms with Crippen LogP contribution in [0, 0.1) is 5.92 Å². The molecule has 1 heterocycles. The van der Waals surface area contributed by atoms with Crippen molar-refractivity contribution in [2.45, 2.75) is 20.3 Å². The number of rotatable bonds is 6. The van der Waals surface area contributed by atoms with E-state index in [1.807, 2.05) is 24.3 Å². The van der Waals surface area contributed by atoms with Crippen molar-refractivity contribution in [3.05, 3.63) is 24.3 Å². The van der Waals surface area contributed by atoms with Gasteiger partial charge in [0.05, 0.1) is 5.69 Å². The molecule has 6 heteroatoms. The molecule has 6 nitrogen and oxygen atoms in total. The summed E-state index contributed by atoms with van der Waals surface area (Å²) < 4.78 is 5.45. The summed E-state index contributed by atoms with van der Waals surface area (Å²) in [5, 5.41) is 6.54. The second-order valence-electron chi connectivity index (χ2n) is 5.93. The van der Waals surface area contributed by atoms with Gasteiger partial charge >= 0.3 is 0 Å². The third-order valence-electron chi connectivity index (χ3n) is 3.56. The first-order valence-corrected chi connectivity index (χ1v) is 8.08. The molecule has 2 N–H and O–H groups in total. The number of carbonyl (C=O) groups is 1. The molecule has 1 amide bonds. The molecule has 23 heavy (non-hydrogen) atoms. The Labute approximate surface area is 137 Å². The lowest BCUT2D eigenvalue weighted by atomic mass is 10.2. The average Bonchev–Trinajstić information content (AvgIpc) is 2.55. The van der Waals surface area contributed by atoms with Gasteiger partial charge in [-0.15, -0.1) is 0 Å². The van der Waals surface area contributed by atoms with E-state index in [4.69, 9.17) is 4.74 Å². The minimum atomic E-state index is 0.00557. The molecule has 1 aromatic carbocycles. The zero-order valence-corrected chi connectivity index (χ0v) is 14.1. The lowest BCUT2D eigenvalue weighted by Crippen LogP contribution is -2.42. The van der Waals surface area contributed by atoms with Crippen molar-refractivity contribution in [3.8, 4) is 5.75 Å². The molecule has 2 rings (SSSR count). The van der Waals surface area contributed by atoms with Gasteiger partial charge in [0.1, 0.15) is 5.75 Å². The Morgan fingerprint density at radius 3 is 2.87 bits per heavy atom. The average molecular weight is 318 g/mol. The Bertz CT molecular complexity index is 557. The van der Waals surface area contributed by atoms with E-state index in [0.717, 1.165) is 36.9 Å². The highest BCUT2D eigenvalue weighted by atomic mass is 16.5. The number of aliphatic imine (C=N–C) groups is 1. The van der Waals surface area contributed by atoms with Gasteiger partial charge in [0.15, 0.2) is 12.6 Å². The van der Waals surface area contributed by atoms with Gasteiger partial charge in [-0.1, -0.05) is 26.0 Å². The maximum Gasteiger partial charge on any atom is 0.265 e. The number of anilines is 1. The molecule has 1 aromatic rings. The van der Waals surface area contributed by atoms with Crippen LogP contribution < -0.4 is 20.3 Å². The molecule has 0 unspecified atom stereocenters. The van der Waals surface area contributed by atoms with Gasteiger partial charge in [-0.05, 0) is 24.5 Å². The van der Waals surface area contributed by atoms with Gasteiger partial charge < -0.3 is 20.3 Å². The standard InChI is InChI=1S/C17H26N4O2/c1-13(2)11-20-17(18-3)19-9-6-10-21-14-7-4-5-8-15(14)23-12-16(21)22/h4-5,7-8,13H,6,9-12H2,1-3H3,(H2,18,19,20). The molecule has 1 aliphatic heterocycles. The first-order valence-electron chi connectivity index (χ1n) is 8.08. The maximum absolute atomic E-state index is 12.1. The summed E-state index contributed by atoms with van der Waals surface area (Å²) in [5.74, 6) is 2.14. The first-order chi connectivity index (χ1) is 11.1. The van der Waals surface area contributed by atoms with Crippen LogP contribution in [0.4, 0.5) is 5.69 Å². The molecule has 0 bridgehead atoms. The lowest BCUT2D eigenvalue weighted by molar-refractivity contribution is -0.121. The molecule has 0 saturated heterocycles. The van der Waals surface area contributed by atoms with E-state index in [1.54, 1.807) is 11.9 Å². The summed E-state index contributed by atoms with van der Waals surface area (Å²) in [7, 11) is 1.76. The van der Waals surface area contributed by atoms with E-state index < -0.39 is 0 Å². The fourth-order valence-electron chi connectivity index (χ4n) is 2.36. The van der Waals surface area contributed by atoms with E-state index in [0.29, 0.717) is 12.5 Å². The van der Waals surface area contributed by atoms with Gasteiger partial charge in [0.25, 0.3) is 5.91 Å². The van der Waals surface area contributed by atoms with Gasteiger partial charge in [-0.3, -0.25) is 9.79 Å². The van der Waals surface area contributed by atoms with Crippen molar-refractivity contribution in [1.29, 1.82) is 0 Å². The van der Waals surface area contributed by atoms with Crippen LogP contribution in [0.5, 0.6) is 5.75 Å². The Kier molecular flexibility index (Phi) is 6.26. The van der Waals surface area contributed by atoms with Crippen molar-refractivity contribution in [1.82, 2.24) is 10.6 Å². The summed E-state index contributed by atoms with van der Waals surface area (Å²) in [6.07, 6.45) is 0.836. The second kappa shape index (κ2) is 8.41. The molecule has 0 aliphatic carbocycles.